The number of aryl methyl sites for hydroxylation is 1. The van der Waals surface area contributed by atoms with Gasteiger partial charge in [-0.15, -0.1) is 0 Å². The van der Waals surface area contributed by atoms with E-state index in [0.29, 0.717) is 15.8 Å². The predicted molar refractivity (Wildman–Crippen MR) is 106 cm³/mol. The predicted octanol–water partition coefficient (Wildman–Crippen LogP) is 4.80. The molecule has 0 atom stereocenters. The second-order valence-corrected chi connectivity index (χ2v) is 8.88. The third-order valence-electron chi connectivity index (χ3n) is 3.96. The zero-order valence-electron chi connectivity index (χ0n) is 14.4. The SMILES string of the molecule is COc1ccc(Br)cc1S(=O)(=O)Cc1cncc(-c2cccc(C)c2)c1. The molecule has 0 spiro atoms. The Balaban J connectivity index is 1.96. The van der Waals surface area contributed by atoms with Crippen LogP contribution < -0.4 is 4.74 Å². The van der Waals surface area contributed by atoms with E-state index in [1.54, 1.807) is 30.6 Å². The van der Waals surface area contributed by atoms with Crippen molar-refractivity contribution in [2.24, 2.45) is 0 Å². The Labute approximate surface area is 161 Å². The molecule has 0 aliphatic rings. The Hall–Kier alpha value is -2.18. The maximum absolute atomic E-state index is 12.9. The van der Waals surface area contributed by atoms with Crippen molar-refractivity contribution < 1.29 is 13.2 Å². The van der Waals surface area contributed by atoms with Crippen molar-refractivity contribution in [1.29, 1.82) is 0 Å². The highest BCUT2D eigenvalue weighted by molar-refractivity contribution is 9.10. The molecule has 0 saturated carbocycles. The molecule has 26 heavy (non-hydrogen) atoms. The molecule has 134 valence electrons. The lowest BCUT2D eigenvalue weighted by Gasteiger charge is -2.11. The van der Waals surface area contributed by atoms with E-state index in [-0.39, 0.29) is 10.6 Å². The Kier molecular flexibility index (Phi) is 5.44. The summed E-state index contributed by atoms with van der Waals surface area (Å²) in [6.07, 6.45) is 3.33. The highest BCUT2D eigenvalue weighted by Crippen LogP contribution is 2.30. The van der Waals surface area contributed by atoms with Crippen LogP contribution in [0.5, 0.6) is 5.75 Å². The molecule has 0 unspecified atom stereocenters. The standard InChI is InChI=1S/C20H18BrNO3S/c1-14-4-3-5-16(8-14)17-9-15(11-22-12-17)13-26(23,24)20-10-18(21)6-7-19(20)25-2/h3-12H,13H2,1-2H3. The largest absolute Gasteiger partial charge is 0.495 e. The van der Waals surface area contributed by atoms with Crippen LogP contribution >= 0.6 is 15.9 Å². The summed E-state index contributed by atoms with van der Waals surface area (Å²) < 4.78 is 31.7. The molecule has 0 aliphatic heterocycles. The number of nitrogens with zero attached hydrogens (tertiary/aromatic N) is 1. The van der Waals surface area contributed by atoms with Crippen LogP contribution in [0.2, 0.25) is 0 Å². The van der Waals surface area contributed by atoms with Crippen LogP contribution in [-0.2, 0) is 15.6 Å². The van der Waals surface area contributed by atoms with Gasteiger partial charge in [-0.25, -0.2) is 8.42 Å². The average molecular weight is 432 g/mol. The van der Waals surface area contributed by atoms with Gasteiger partial charge in [-0.2, -0.15) is 0 Å². The van der Waals surface area contributed by atoms with Gasteiger partial charge in [0.1, 0.15) is 10.6 Å². The summed E-state index contributed by atoms with van der Waals surface area (Å²) in [6.45, 7) is 2.02. The van der Waals surface area contributed by atoms with Crippen LogP contribution in [0.4, 0.5) is 0 Å². The molecule has 6 heteroatoms. The van der Waals surface area contributed by atoms with Gasteiger partial charge >= 0.3 is 0 Å². The third kappa shape index (κ3) is 4.14. The summed E-state index contributed by atoms with van der Waals surface area (Å²) in [5.41, 5.74) is 3.67. The van der Waals surface area contributed by atoms with E-state index < -0.39 is 9.84 Å². The van der Waals surface area contributed by atoms with Crippen LogP contribution in [0.25, 0.3) is 11.1 Å². The number of pyridine rings is 1. The van der Waals surface area contributed by atoms with Gasteiger partial charge in [0.25, 0.3) is 0 Å². The molecule has 0 N–H and O–H groups in total. The Morgan fingerprint density at radius 2 is 1.85 bits per heavy atom. The third-order valence-corrected chi connectivity index (χ3v) is 6.16. The summed E-state index contributed by atoms with van der Waals surface area (Å²) in [5.74, 6) is 0.183. The van der Waals surface area contributed by atoms with Gasteiger partial charge in [-0.1, -0.05) is 45.8 Å². The zero-order chi connectivity index (χ0) is 18.7. The van der Waals surface area contributed by atoms with Crippen molar-refractivity contribution in [2.45, 2.75) is 17.6 Å². The highest BCUT2D eigenvalue weighted by Gasteiger charge is 2.21. The molecule has 3 aromatic rings. The number of halogens is 1. The molecule has 0 fully saturated rings. The van der Waals surface area contributed by atoms with E-state index in [9.17, 15) is 8.42 Å². The Bertz CT molecular complexity index is 1050. The van der Waals surface area contributed by atoms with Crippen molar-refractivity contribution in [2.75, 3.05) is 7.11 Å². The normalized spacial score (nSPS) is 11.3. The molecule has 3 rings (SSSR count). The van der Waals surface area contributed by atoms with E-state index in [1.807, 2.05) is 37.3 Å². The summed E-state index contributed by atoms with van der Waals surface area (Å²) in [4.78, 5) is 4.39. The van der Waals surface area contributed by atoms with Crippen LogP contribution in [0.3, 0.4) is 0 Å². The molecule has 1 heterocycles. The minimum absolute atomic E-state index is 0.146. The molecule has 0 amide bonds. The molecule has 0 saturated heterocycles. The van der Waals surface area contributed by atoms with Crippen LogP contribution in [-0.4, -0.2) is 20.5 Å². The fourth-order valence-corrected chi connectivity index (χ4v) is 4.77. The number of benzene rings is 2. The van der Waals surface area contributed by atoms with Crippen molar-refractivity contribution in [1.82, 2.24) is 4.98 Å². The van der Waals surface area contributed by atoms with Gasteiger partial charge in [0.15, 0.2) is 9.84 Å². The van der Waals surface area contributed by atoms with Crippen molar-refractivity contribution in [3.05, 3.63) is 76.5 Å². The molecule has 4 nitrogen and oxygen atoms in total. The average Bonchev–Trinajstić information content (AvgIpc) is 2.61. The maximum atomic E-state index is 12.9. The molecule has 2 aromatic carbocycles. The molecule has 0 bridgehead atoms. The van der Waals surface area contributed by atoms with Crippen LogP contribution in [0, 0.1) is 6.92 Å². The molecule has 0 radical (unpaired) electrons. The minimum atomic E-state index is -3.58. The number of hydrogen-bond donors (Lipinski definition) is 0. The quantitative estimate of drug-likeness (QED) is 0.581. The highest BCUT2D eigenvalue weighted by atomic mass is 79.9. The minimum Gasteiger partial charge on any atom is -0.495 e. The summed E-state index contributed by atoms with van der Waals surface area (Å²) >= 11 is 3.32. The molecule has 0 aliphatic carbocycles. The summed E-state index contributed by atoms with van der Waals surface area (Å²) in [5, 5.41) is 0. The van der Waals surface area contributed by atoms with E-state index in [2.05, 4.69) is 20.9 Å². The zero-order valence-corrected chi connectivity index (χ0v) is 16.8. The fraction of sp³-hybridized carbons (Fsp3) is 0.150. The van der Waals surface area contributed by atoms with Gasteiger partial charge < -0.3 is 4.74 Å². The number of rotatable bonds is 5. The van der Waals surface area contributed by atoms with Gasteiger partial charge in [0, 0.05) is 22.4 Å². The van der Waals surface area contributed by atoms with E-state index in [0.717, 1.165) is 16.7 Å². The van der Waals surface area contributed by atoms with Gasteiger partial charge in [-0.3, -0.25) is 4.98 Å². The van der Waals surface area contributed by atoms with Gasteiger partial charge in [0.05, 0.1) is 12.9 Å². The van der Waals surface area contributed by atoms with Gasteiger partial charge in [-0.05, 0) is 42.3 Å². The Morgan fingerprint density at radius 1 is 1.04 bits per heavy atom. The number of aromatic nitrogens is 1. The molecule has 1 aromatic heterocycles. The van der Waals surface area contributed by atoms with Crippen molar-refractivity contribution in [3.63, 3.8) is 0 Å². The van der Waals surface area contributed by atoms with Crippen molar-refractivity contribution in [3.8, 4) is 16.9 Å². The monoisotopic (exact) mass is 431 g/mol. The number of sulfone groups is 1. The Morgan fingerprint density at radius 3 is 2.58 bits per heavy atom. The second kappa shape index (κ2) is 7.60. The second-order valence-electron chi connectivity index (χ2n) is 6.01. The lowest BCUT2D eigenvalue weighted by molar-refractivity contribution is 0.402. The molecular weight excluding hydrogens is 414 g/mol. The molecular formula is C20H18BrNO3S. The summed E-state index contributed by atoms with van der Waals surface area (Å²) in [6, 6.07) is 14.8. The van der Waals surface area contributed by atoms with E-state index in [4.69, 9.17) is 4.74 Å². The maximum Gasteiger partial charge on any atom is 0.186 e. The smallest absolute Gasteiger partial charge is 0.186 e. The van der Waals surface area contributed by atoms with E-state index in [1.165, 1.54) is 7.11 Å². The first-order valence-corrected chi connectivity index (χ1v) is 10.4. The van der Waals surface area contributed by atoms with Gasteiger partial charge in [0.2, 0.25) is 0 Å². The fourth-order valence-electron chi connectivity index (χ4n) is 2.74. The lowest BCUT2D eigenvalue weighted by atomic mass is 10.0. The van der Waals surface area contributed by atoms with E-state index >= 15 is 0 Å². The van der Waals surface area contributed by atoms with Crippen LogP contribution in [0.1, 0.15) is 11.1 Å². The van der Waals surface area contributed by atoms with Crippen LogP contribution in [0.15, 0.2) is 70.3 Å². The number of ether oxygens (including phenoxy) is 1. The lowest BCUT2D eigenvalue weighted by Crippen LogP contribution is -2.07. The first kappa shape index (κ1) is 18.6. The summed E-state index contributed by atoms with van der Waals surface area (Å²) in [7, 11) is -2.12. The number of methoxy groups -OCH3 is 1. The topological polar surface area (TPSA) is 56.3 Å². The number of hydrogen-bond acceptors (Lipinski definition) is 4. The van der Waals surface area contributed by atoms with Crippen molar-refractivity contribution >= 4 is 25.8 Å². The first-order valence-electron chi connectivity index (χ1n) is 7.96. The first-order chi connectivity index (χ1) is 12.4.